The molecule has 0 aliphatic rings. The zero-order valence-electron chi connectivity index (χ0n) is 13.4. The van der Waals surface area contributed by atoms with E-state index in [1.165, 1.54) is 16.8 Å². The number of likely N-dealkylation sites (N-methyl/N-ethyl adjacent to an activating group) is 1. The summed E-state index contributed by atoms with van der Waals surface area (Å²) in [5, 5.41) is 7.94. The molecule has 110 valence electrons. The summed E-state index contributed by atoms with van der Waals surface area (Å²) in [4.78, 5) is 0. The molecule has 2 rings (SSSR count). The average molecular weight is 275 g/mol. The third-order valence-corrected chi connectivity index (χ3v) is 4.12. The van der Waals surface area contributed by atoms with Crippen molar-refractivity contribution in [2.75, 3.05) is 7.05 Å². The van der Waals surface area contributed by atoms with E-state index >= 15 is 0 Å². The molecule has 20 heavy (non-hydrogen) atoms. The summed E-state index contributed by atoms with van der Waals surface area (Å²) in [5.41, 5.74) is 4.93. The van der Waals surface area contributed by atoms with Crippen LogP contribution < -0.4 is 5.32 Å². The molecule has 0 saturated heterocycles. The molecule has 4 nitrogen and oxygen atoms in total. The Kier molecular flexibility index (Phi) is 4.33. The molecule has 1 atom stereocenters. The van der Waals surface area contributed by atoms with Crippen molar-refractivity contribution >= 4 is 0 Å². The van der Waals surface area contributed by atoms with Gasteiger partial charge in [0, 0.05) is 30.8 Å². The van der Waals surface area contributed by atoms with Crippen molar-refractivity contribution < 1.29 is 4.42 Å². The van der Waals surface area contributed by atoms with Gasteiger partial charge in [-0.05, 0) is 45.9 Å². The summed E-state index contributed by atoms with van der Waals surface area (Å²) in [6, 6.07) is 2.45. The van der Waals surface area contributed by atoms with E-state index in [-0.39, 0.29) is 6.04 Å². The fraction of sp³-hybridized carbons (Fsp3) is 0.562. The minimum absolute atomic E-state index is 0.257. The minimum Gasteiger partial charge on any atom is -0.466 e. The molecule has 1 N–H and O–H groups in total. The molecule has 2 aromatic heterocycles. The molecule has 0 amide bonds. The van der Waals surface area contributed by atoms with Crippen LogP contribution in [0.3, 0.4) is 0 Å². The Morgan fingerprint density at radius 2 is 2.00 bits per heavy atom. The Morgan fingerprint density at radius 3 is 2.45 bits per heavy atom. The Labute approximate surface area is 121 Å². The highest BCUT2D eigenvalue weighted by atomic mass is 16.3. The topological polar surface area (TPSA) is 43.0 Å². The van der Waals surface area contributed by atoms with Crippen LogP contribution in [0.2, 0.25) is 0 Å². The van der Waals surface area contributed by atoms with E-state index in [0.29, 0.717) is 0 Å². The first kappa shape index (κ1) is 14.9. The molecule has 0 aromatic carbocycles. The normalized spacial score (nSPS) is 12.9. The smallest absolute Gasteiger partial charge is 0.106 e. The van der Waals surface area contributed by atoms with Gasteiger partial charge in [-0.1, -0.05) is 6.92 Å². The van der Waals surface area contributed by atoms with E-state index in [4.69, 9.17) is 4.42 Å². The molecule has 1 unspecified atom stereocenters. The molecule has 4 heteroatoms. The quantitative estimate of drug-likeness (QED) is 0.912. The molecule has 0 fully saturated rings. The lowest BCUT2D eigenvalue weighted by Crippen LogP contribution is -2.21. The van der Waals surface area contributed by atoms with E-state index < -0.39 is 0 Å². The van der Waals surface area contributed by atoms with Crippen molar-refractivity contribution in [3.63, 3.8) is 0 Å². The van der Waals surface area contributed by atoms with Crippen LogP contribution in [0, 0.1) is 20.8 Å². The molecule has 2 aromatic rings. The lowest BCUT2D eigenvalue weighted by molar-refractivity contribution is 0.487. The average Bonchev–Trinajstić information content (AvgIpc) is 2.89. The number of hydrogen-bond donors (Lipinski definition) is 1. The van der Waals surface area contributed by atoms with Gasteiger partial charge in [0.05, 0.1) is 5.69 Å². The lowest BCUT2D eigenvalue weighted by atomic mass is 9.98. The van der Waals surface area contributed by atoms with Crippen LogP contribution >= 0.6 is 0 Å². The molecular weight excluding hydrogens is 250 g/mol. The molecule has 2 heterocycles. The van der Waals surface area contributed by atoms with E-state index in [2.05, 4.69) is 30.3 Å². The van der Waals surface area contributed by atoms with Crippen LogP contribution in [0.4, 0.5) is 0 Å². The fourth-order valence-corrected chi connectivity index (χ4v) is 2.81. The summed E-state index contributed by atoms with van der Waals surface area (Å²) in [6.45, 7) is 8.33. The van der Waals surface area contributed by atoms with Gasteiger partial charge in [-0.15, -0.1) is 0 Å². The van der Waals surface area contributed by atoms with Gasteiger partial charge in [0.15, 0.2) is 0 Å². The number of nitrogens with zero attached hydrogens (tertiary/aromatic N) is 2. The largest absolute Gasteiger partial charge is 0.466 e. The Bertz CT molecular complexity index is 595. The van der Waals surface area contributed by atoms with Crippen LogP contribution in [-0.2, 0) is 19.9 Å². The first-order chi connectivity index (χ1) is 9.47. The van der Waals surface area contributed by atoms with Crippen LogP contribution in [0.25, 0.3) is 0 Å². The highest BCUT2D eigenvalue weighted by molar-refractivity contribution is 5.35. The number of hydrogen-bond acceptors (Lipinski definition) is 3. The van der Waals surface area contributed by atoms with Crippen molar-refractivity contribution in [3.8, 4) is 0 Å². The second-order valence-corrected chi connectivity index (χ2v) is 5.40. The highest BCUT2D eigenvalue weighted by Gasteiger charge is 2.21. The van der Waals surface area contributed by atoms with Crippen molar-refractivity contribution in [1.82, 2.24) is 15.1 Å². The summed E-state index contributed by atoms with van der Waals surface area (Å²) in [6.07, 6.45) is 1.89. The first-order valence-electron chi connectivity index (χ1n) is 7.23. The van der Waals surface area contributed by atoms with Gasteiger partial charge < -0.3 is 9.73 Å². The maximum atomic E-state index is 5.76. The first-order valence-corrected chi connectivity index (χ1v) is 7.23. The van der Waals surface area contributed by atoms with Gasteiger partial charge in [0.1, 0.15) is 11.5 Å². The third-order valence-electron chi connectivity index (χ3n) is 4.12. The zero-order chi connectivity index (χ0) is 14.9. The predicted octanol–water partition coefficient (Wildman–Crippen LogP) is 3.00. The Morgan fingerprint density at radius 1 is 1.30 bits per heavy atom. The van der Waals surface area contributed by atoms with Gasteiger partial charge >= 0.3 is 0 Å². The second-order valence-electron chi connectivity index (χ2n) is 5.40. The zero-order valence-corrected chi connectivity index (χ0v) is 13.4. The molecule has 0 bridgehead atoms. The second kappa shape index (κ2) is 5.83. The van der Waals surface area contributed by atoms with Crippen LogP contribution in [-0.4, -0.2) is 16.8 Å². The van der Waals surface area contributed by atoms with Gasteiger partial charge in [-0.25, -0.2) is 0 Å². The van der Waals surface area contributed by atoms with E-state index in [0.717, 1.165) is 30.1 Å². The summed E-state index contributed by atoms with van der Waals surface area (Å²) < 4.78 is 7.75. The number of aryl methyl sites for hydroxylation is 4. The monoisotopic (exact) mass is 275 g/mol. The van der Waals surface area contributed by atoms with Crippen molar-refractivity contribution in [2.45, 2.75) is 46.6 Å². The minimum atomic E-state index is 0.257. The molecule has 0 radical (unpaired) electrons. The SMILES string of the molecule is CCc1cc(CC(NC)c2c(C)oc(C)c2C)n(C)n1. The van der Waals surface area contributed by atoms with Gasteiger partial charge in [0.25, 0.3) is 0 Å². The van der Waals surface area contributed by atoms with E-state index in [1.54, 1.807) is 0 Å². The maximum Gasteiger partial charge on any atom is 0.106 e. The molecule has 0 aliphatic carbocycles. The summed E-state index contributed by atoms with van der Waals surface area (Å²) in [5.74, 6) is 2.02. The number of nitrogens with one attached hydrogen (secondary N) is 1. The standard InChI is InChI=1S/C16H25N3O/c1-7-13-8-14(19(6)18-13)9-15(17-5)16-10(2)11(3)20-12(16)4/h8,15,17H,7,9H2,1-6H3. The predicted molar refractivity (Wildman–Crippen MR) is 81.0 cm³/mol. The van der Waals surface area contributed by atoms with Crippen LogP contribution in [0.5, 0.6) is 0 Å². The highest BCUT2D eigenvalue weighted by Crippen LogP contribution is 2.29. The van der Waals surface area contributed by atoms with E-state index in [1.807, 2.05) is 32.6 Å². The van der Waals surface area contributed by atoms with Gasteiger partial charge in [0.2, 0.25) is 0 Å². The Balaban J connectivity index is 2.31. The van der Waals surface area contributed by atoms with Crippen LogP contribution in [0.1, 0.15) is 47.0 Å². The summed E-state index contributed by atoms with van der Waals surface area (Å²) >= 11 is 0. The van der Waals surface area contributed by atoms with Gasteiger partial charge in [-0.3, -0.25) is 4.68 Å². The van der Waals surface area contributed by atoms with Gasteiger partial charge in [-0.2, -0.15) is 5.10 Å². The maximum absolute atomic E-state index is 5.76. The third kappa shape index (κ3) is 2.66. The van der Waals surface area contributed by atoms with Crippen molar-refractivity contribution in [1.29, 1.82) is 0 Å². The number of rotatable bonds is 5. The Hall–Kier alpha value is -1.55. The fourth-order valence-electron chi connectivity index (χ4n) is 2.81. The lowest BCUT2D eigenvalue weighted by Gasteiger charge is -2.17. The molecule has 0 spiro atoms. The van der Waals surface area contributed by atoms with E-state index in [9.17, 15) is 0 Å². The van der Waals surface area contributed by atoms with Crippen molar-refractivity contribution in [3.05, 3.63) is 40.1 Å². The summed E-state index contributed by atoms with van der Waals surface area (Å²) in [7, 11) is 4.02. The number of aromatic nitrogens is 2. The number of furan rings is 1. The van der Waals surface area contributed by atoms with Crippen molar-refractivity contribution in [2.24, 2.45) is 7.05 Å². The molecular formula is C16H25N3O. The molecule has 0 saturated carbocycles. The molecule has 0 aliphatic heterocycles. The van der Waals surface area contributed by atoms with Crippen LogP contribution in [0.15, 0.2) is 10.5 Å².